The maximum atomic E-state index is 12.9. The number of anilines is 1. The van der Waals surface area contributed by atoms with Crippen molar-refractivity contribution in [3.05, 3.63) is 65.0 Å². The summed E-state index contributed by atoms with van der Waals surface area (Å²) in [6.07, 6.45) is 1.97. The zero-order valence-electron chi connectivity index (χ0n) is 15.0. The zero-order chi connectivity index (χ0) is 17.5. The van der Waals surface area contributed by atoms with Crippen LogP contribution < -0.4 is 15.5 Å². The molecular weight excluding hydrogens is 313 g/mol. The molecule has 2 N–H and O–H groups in total. The van der Waals surface area contributed by atoms with Crippen LogP contribution in [0.3, 0.4) is 0 Å². The molecule has 1 aliphatic rings. The van der Waals surface area contributed by atoms with Crippen molar-refractivity contribution >= 4 is 5.69 Å². The van der Waals surface area contributed by atoms with E-state index in [4.69, 9.17) is 0 Å². The van der Waals surface area contributed by atoms with Gasteiger partial charge in [-0.15, -0.1) is 0 Å². The van der Waals surface area contributed by atoms with E-state index in [-0.39, 0.29) is 5.82 Å². The van der Waals surface area contributed by atoms with E-state index in [1.54, 1.807) is 0 Å². The Bertz CT molecular complexity index is 663. The first-order valence-electron chi connectivity index (χ1n) is 9.28. The van der Waals surface area contributed by atoms with Gasteiger partial charge in [0.05, 0.1) is 0 Å². The van der Waals surface area contributed by atoms with Crippen molar-refractivity contribution in [1.82, 2.24) is 10.6 Å². The van der Waals surface area contributed by atoms with Crippen LogP contribution in [0.15, 0.2) is 42.5 Å². The lowest BCUT2D eigenvalue weighted by Gasteiger charge is -2.30. The highest BCUT2D eigenvalue weighted by atomic mass is 19.1. The van der Waals surface area contributed by atoms with Gasteiger partial charge in [-0.2, -0.15) is 0 Å². The monoisotopic (exact) mass is 341 g/mol. The van der Waals surface area contributed by atoms with E-state index >= 15 is 0 Å². The number of aryl methyl sites for hydroxylation is 1. The van der Waals surface area contributed by atoms with Crippen LogP contribution in [0.5, 0.6) is 0 Å². The summed E-state index contributed by atoms with van der Waals surface area (Å²) < 4.78 is 12.9. The van der Waals surface area contributed by atoms with Gasteiger partial charge < -0.3 is 15.5 Å². The highest BCUT2D eigenvalue weighted by Gasteiger charge is 2.11. The first kappa shape index (κ1) is 17.9. The number of benzene rings is 2. The van der Waals surface area contributed by atoms with Crippen molar-refractivity contribution in [2.24, 2.45) is 0 Å². The first-order valence-corrected chi connectivity index (χ1v) is 9.28. The molecule has 0 aliphatic carbocycles. The van der Waals surface area contributed by atoms with Gasteiger partial charge in [0, 0.05) is 38.4 Å². The third-order valence-corrected chi connectivity index (χ3v) is 4.76. The first-order chi connectivity index (χ1) is 12.2. The SMILES string of the molecule is CCc1cc(CNCCc2ccc(F)cc2)cc(N2CCNCC2)c1. The lowest BCUT2D eigenvalue weighted by Crippen LogP contribution is -2.43. The molecule has 0 aromatic heterocycles. The van der Waals surface area contributed by atoms with E-state index in [2.05, 4.69) is 40.7 Å². The van der Waals surface area contributed by atoms with Gasteiger partial charge >= 0.3 is 0 Å². The number of piperazine rings is 1. The fourth-order valence-corrected chi connectivity index (χ4v) is 3.27. The van der Waals surface area contributed by atoms with Gasteiger partial charge in [-0.05, 0) is 60.3 Å². The van der Waals surface area contributed by atoms with Gasteiger partial charge in [0.25, 0.3) is 0 Å². The Kier molecular flexibility index (Phi) is 6.42. The molecule has 3 rings (SSSR count). The molecule has 0 saturated carbocycles. The normalized spacial score (nSPS) is 14.7. The lowest BCUT2D eigenvalue weighted by atomic mass is 10.1. The van der Waals surface area contributed by atoms with Gasteiger partial charge in [0.1, 0.15) is 5.82 Å². The summed E-state index contributed by atoms with van der Waals surface area (Å²) in [6, 6.07) is 13.7. The molecule has 2 aromatic carbocycles. The average Bonchev–Trinajstić information content (AvgIpc) is 2.67. The summed E-state index contributed by atoms with van der Waals surface area (Å²) in [5, 5.41) is 6.93. The van der Waals surface area contributed by atoms with Crippen molar-refractivity contribution in [2.45, 2.75) is 26.3 Å². The van der Waals surface area contributed by atoms with Crippen LogP contribution in [-0.2, 0) is 19.4 Å². The van der Waals surface area contributed by atoms with Crippen LogP contribution in [0.25, 0.3) is 0 Å². The number of nitrogens with zero attached hydrogens (tertiary/aromatic N) is 1. The largest absolute Gasteiger partial charge is 0.369 e. The van der Waals surface area contributed by atoms with Gasteiger partial charge in [-0.1, -0.05) is 25.1 Å². The Balaban J connectivity index is 1.56. The topological polar surface area (TPSA) is 27.3 Å². The summed E-state index contributed by atoms with van der Waals surface area (Å²) in [6.45, 7) is 8.24. The van der Waals surface area contributed by atoms with Gasteiger partial charge in [-0.25, -0.2) is 4.39 Å². The molecule has 25 heavy (non-hydrogen) atoms. The lowest BCUT2D eigenvalue weighted by molar-refractivity contribution is 0.588. The molecule has 0 unspecified atom stereocenters. The number of hydrogen-bond acceptors (Lipinski definition) is 3. The van der Waals surface area contributed by atoms with Crippen molar-refractivity contribution < 1.29 is 4.39 Å². The molecule has 0 amide bonds. The Morgan fingerprint density at radius 1 is 1.00 bits per heavy atom. The van der Waals surface area contributed by atoms with E-state index in [1.807, 2.05) is 12.1 Å². The van der Waals surface area contributed by atoms with Crippen LogP contribution in [0, 0.1) is 5.82 Å². The molecule has 0 spiro atoms. The van der Waals surface area contributed by atoms with E-state index in [1.165, 1.54) is 28.9 Å². The van der Waals surface area contributed by atoms with Crippen LogP contribution in [0.2, 0.25) is 0 Å². The Morgan fingerprint density at radius 2 is 1.72 bits per heavy atom. The van der Waals surface area contributed by atoms with E-state index < -0.39 is 0 Å². The van der Waals surface area contributed by atoms with Gasteiger partial charge in [0.15, 0.2) is 0 Å². The molecule has 134 valence electrons. The third-order valence-electron chi connectivity index (χ3n) is 4.76. The minimum Gasteiger partial charge on any atom is -0.369 e. The molecule has 1 saturated heterocycles. The smallest absolute Gasteiger partial charge is 0.123 e. The molecule has 0 radical (unpaired) electrons. The highest BCUT2D eigenvalue weighted by Crippen LogP contribution is 2.20. The summed E-state index contributed by atoms with van der Waals surface area (Å²) in [4.78, 5) is 2.47. The van der Waals surface area contributed by atoms with Crippen molar-refractivity contribution in [3.8, 4) is 0 Å². The van der Waals surface area contributed by atoms with Gasteiger partial charge in [-0.3, -0.25) is 0 Å². The summed E-state index contributed by atoms with van der Waals surface area (Å²) in [5.41, 5.74) is 5.24. The Morgan fingerprint density at radius 3 is 2.44 bits per heavy atom. The quantitative estimate of drug-likeness (QED) is 0.758. The van der Waals surface area contributed by atoms with Crippen molar-refractivity contribution in [2.75, 3.05) is 37.6 Å². The minimum atomic E-state index is -0.173. The van der Waals surface area contributed by atoms with Crippen LogP contribution in [0.4, 0.5) is 10.1 Å². The molecule has 2 aromatic rings. The second-order valence-corrected chi connectivity index (χ2v) is 6.65. The summed E-state index contributed by atoms with van der Waals surface area (Å²) in [7, 11) is 0. The van der Waals surface area contributed by atoms with Crippen LogP contribution in [-0.4, -0.2) is 32.7 Å². The maximum Gasteiger partial charge on any atom is 0.123 e. The van der Waals surface area contributed by atoms with Crippen molar-refractivity contribution in [3.63, 3.8) is 0 Å². The molecule has 4 heteroatoms. The number of halogens is 1. The predicted octanol–water partition coefficient (Wildman–Crippen LogP) is 3.13. The van der Waals surface area contributed by atoms with Crippen molar-refractivity contribution in [1.29, 1.82) is 0 Å². The predicted molar refractivity (Wildman–Crippen MR) is 103 cm³/mol. The summed E-state index contributed by atoms with van der Waals surface area (Å²) in [5.74, 6) is -0.173. The standard InChI is InChI=1S/C21H28FN3/c1-2-17-13-19(15-21(14-17)25-11-9-23-10-12-25)16-24-8-7-18-3-5-20(22)6-4-18/h3-6,13-15,23-24H,2,7-12,16H2,1H3. The summed E-state index contributed by atoms with van der Waals surface area (Å²) >= 11 is 0. The van der Waals surface area contributed by atoms with Crippen LogP contribution >= 0.6 is 0 Å². The Hall–Kier alpha value is -1.91. The highest BCUT2D eigenvalue weighted by molar-refractivity contribution is 5.52. The second kappa shape index (κ2) is 8.97. The van der Waals surface area contributed by atoms with Crippen LogP contribution in [0.1, 0.15) is 23.6 Å². The molecule has 0 bridgehead atoms. The Labute approximate surface area is 150 Å². The molecule has 1 fully saturated rings. The molecule has 3 nitrogen and oxygen atoms in total. The number of rotatable bonds is 7. The third kappa shape index (κ3) is 5.28. The number of nitrogens with one attached hydrogen (secondary N) is 2. The molecule has 1 heterocycles. The maximum absolute atomic E-state index is 12.9. The number of hydrogen-bond donors (Lipinski definition) is 2. The van der Waals surface area contributed by atoms with E-state index in [0.29, 0.717) is 0 Å². The second-order valence-electron chi connectivity index (χ2n) is 6.65. The van der Waals surface area contributed by atoms with E-state index in [0.717, 1.165) is 57.7 Å². The minimum absolute atomic E-state index is 0.173. The van der Waals surface area contributed by atoms with Gasteiger partial charge in [0.2, 0.25) is 0 Å². The average molecular weight is 341 g/mol. The van der Waals surface area contributed by atoms with E-state index in [9.17, 15) is 4.39 Å². The molecule has 1 aliphatic heterocycles. The fraction of sp³-hybridized carbons (Fsp3) is 0.429. The molecule has 0 atom stereocenters. The molecular formula is C21H28FN3. The zero-order valence-corrected chi connectivity index (χ0v) is 15.0. The fourth-order valence-electron chi connectivity index (χ4n) is 3.27.